The third kappa shape index (κ3) is 5.78. The molecular weight excluding hydrogens is 376 g/mol. The molecule has 0 unspecified atom stereocenters. The minimum absolute atomic E-state index is 0.114. The predicted octanol–water partition coefficient (Wildman–Crippen LogP) is 2.83. The van der Waals surface area contributed by atoms with Crippen molar-refractivity contribution in [3.8, 4) is 5.75 Å². The Kier molecular flexibility index (Phi) is 7.44. The van der Waals surface area contributed by atoms with Crippen molar-refractivity contribution < 1.29 is 17.9 Å². The lowest BCUT2D eigenvalue weighted by Crippen LogP contribution is -2.39. The lowest BCUT2D eigenvalue weighted by Gasteiger charge is -2.33. The van der Waals surface area contributed by atoms with Crippen LogP contribution in [0.1, 0.15) is 24.5 Å². The van der Waals surface area contributed by atoms with Gasteiger partial charge < -0.3 is 9.47 Å². The Hall–Kier alpha value is -1.93. The second kappa shape index (κ2) is 10.0. The van der Waals surface area contributed by atoms with Gasteiger partial charge in [0, 0.05) is 19.6 Å². The van der Waals surface area contributed by atoms with Crippen molar-refractivity contribution >= 4 is 10.0 Å². The maximum Gasteiger partial charge on any atom is 0.240 e. The number of hydrogen-bond acceptors (Lipinski definition) is 5. The van der Waals surface area contributed by atoms with E-state index in [2.05, 4.69) is 21.8 Å². The smallest absolute Gasteiger partial charge is 0.240 e. The zero-order chi connectivity index (χ0) is 19.8. The number of sulfonamides is 1. The van der Waals surface area contributed by atoms with Crippen LogP contribution in [0.5, 0.6) is 5.75 Å². The molecule has 7 heteroatoms. The van der Waals surface area contributed by atoms with Crippen LogP contribution in [0, 0.1) is 0 Å². The van der Waals surface area contributed by atoms with Crippen LogP contribution >= 0.6 is 0 Å². The molecule has 2 aromatic rings. The van der Waals surface area contributed by atoms with Crippen LogP contribution in [0.15, 0.2) is 59.5 Å². The first kappa shape index (κ1) is 20.8. The van der Waals surface area contributed by atoms with Crippen molar-refractivity contribution in [1.29, 1.82) is 0 Å². The van der Waals surface area contributed by atoms with Gasteiger partial charge in [-0.1, -0.05) is 30.3 Å². The molecule has 2 aromatic carbocycles. The molecule has 1 aliphatic rings. The molecule has 1 heterocycles. The van der Waals surface area contributed by atoms with Crippen molar-refractivity contribution in [1.82, 2.24) is 9.62 Å². The monoisotopic (exact) mass is 404 g/mol. The Bertz CT molecular complexity index is 825. The molecule has 3 rings (SSSR count). The summed E-state index contributed by atoms with van der Waals surface area (Å²) in [7, 11) is -1.92. The fourth-order valence-electron chi connectivity index (χ4n) is 3.28. The molecule has 0 amide bonds. The number of benzene rings is 2. The summed E-state index contributed by atoms with van der Waals surface area (Å²) < 4.78 is 38.3. The van der Waals surface area contributed by atoms with Gasteiger partial charge in [-0.25, -0.2) is 13.1 Å². The highest BCUT2D eigenvalue weighted by molar-refractivity contribution is 7.89. The number of nitrogens with one attached hydrogen (secondary N) is 1. The molecule has 0 saturated carbocycles. The maximum atomic E-state index is 12.3. The Labute approximate surface area is 167 Å². The maximum absolute atomic E-state index is 12.3. The van der Waals surface area contributed by atoms with Crippen LogP contribution < -0.4 is 9.46 Å². The standard InChI is InChI=1S/C21H28N2O4S/c1-26-19-9-11-20(12-10-19)28(24,25)22-13-5-6-14-23-15-16-27-21(17-23)18-7-3-2-4-8-18/h2-4,7-12,21-22H,5-6,13-17H2,1H3/t21-/m0/s1. The molecule has 6 nitrogen and oxygen atoms in total. The summed E-state index contributed by atoms with van der Waals surface area (Å²) in [4.78, 5) is 2.64. The van der Waals surface area contributed by atoms with E-state index in [4.69, 9.17) is 9.47 Å². The van der Waals surface area contributed by atoms with E-state index in [1.165, 1.54) is 5.56 Å². The lowest BCUT2D eigenvalue weighted by atomic mass is 10.1. The quantitative estimate of drug-likeness (QED) is 0.651. The average molecular weight is 405 g/mol. The van der Waals surface area contributed by atoms with E-state index in [9.17, 15) is 8.42 Å². The first-order valence-electron chi connectivity index (χ1n) is 9.61. The molecular formula is C21H28N2O4S. The molecule has 0 spiro atoms. The summed E-state index contributed by atoms with van der Waals surface area (Å²) in [6, 6.07) is 16.7. The molecule has 152 valence electrons. The number of unbranched alkanes of at least 4 members (excludes halogenated alkanes) is 1. The lowest BCUT2D eigenvalue weighted by molar-refractivity contribution is -0.0303. The summed E-state index contributed by atoms with van der Waals surface area (Å²) in [6.45, 7) is 3.89. The molecule has 1 aliphatic heterocycles. The highest BCUT2D eigenvalue weighted by Crippen LogP contribution is 2.22. The first-order valence-corrected chi connectivity index (χ1v) is 11.1. The van der Waals surface area contributed by atoms with Gasteiger partial charge in [-0.15, -0.1) is 0 Å². The van der Waals surface area contributed by atoms with Gasteiger partial charge in [0.05, 0.1) is 24.7 Å². The molecule has 1 N–H and O–H groups in total. The number of ether oxygens (including phenoxy) is 2. The summed E-state index contributed by atoms with van der Waals surface area (Å²) in [5.74, 6) is 0.637. The predicted molar refractivity (Wildman–Crippen MR) is 109 cm³/mol. The summed E-state index contributed by atoms with van der Waals surface area (Å²) >= 11 is 0. The van der Waals surface area contributed by atoms with Gasteiger partial charge in [0.2, 0.25) is 10.0 Å². The number of hydrogen-bond donors (Lipinski definition) is 1. The molecule has 1 atom stereocenters. The minimum atomic E-state index is -3.47. The number of rotatable bonds is 9. The molecule has 0 aromatic heterocycles. The van der Waals surface area contributed by atoms with Gasteiger partial charge in [0.15, 0.2) is 0 Å². The van der Waals surface area contributed by atoms with Crippen molar-refractivity contribution in [3.05, 3.63) is 60.2 Å². The highest BCUT2D eigenvalue weighted by atomic mass is 32.2. The Morgan fingerprint density at radius 2 is 1.86 bits per heavy atom. The topological polar surface area (TPSA) is 67.9 Å². The van der Waals surface area contributed by atoms with Crippen LogP contribution in [0.4, 0.5) is 0 Å². The summed E-state index contributed by atoms with van der Waals surface area (Å²) in [6.07, 6.45) is 1.85. The molecule has 1 fully saturated rings. The summed E-state index contributed by atoms with van der Waals surface area (Å²) in [5.41, 5.74) is 1.21. The molecule has 0 bridgehead atoms. The van der Waals surface area contributed by atoms with E-state index >= 15 is 0 Å². The van der Waals surface area contributed by atoms with Crippen LogP contribution in [0.25, 0.3) is 0 Å². The second-order valence-corrected chi connectivity index (χ2v) is 8.62. The van der Waals surface area contributed by atoms with Crippen LogP contribution in [-0.2, 0) is 14.8 Å². The van der Waals surface area contributed by atoms with E-state index in [0.29, 0.717) is 12.3 Å². The molecule has 0 aliphatic carbocycles. The molecule has 28 heavy (non-hydrogen) atoms. The van der Waals surface area contributed by atoms with Gasteiger partial charge in [0.25, 0.3) is 0 Å². The SMILES string of the molecule is COc1ccc(S(=O)(=O)NCCCCN2CCO[C@H](c3ccccc3)C2)cc1. The fourth-order valence-corrected chi connectivity index (χ4v) is 4.35. The van der Waals surface area contributed by atoms with Crippen molar-refractivity contribution in [2.45, 2.75) is 23.8 Å². The average Bonchev–Trinajstić information content (AvgIpc) is 2.74. The van der Waals surface area contributed by atoms with Gasteiger partial charge in [-0.3, -0.25) is 4.90 Å². The summed E-state index contributed by atoms with van der Waals surface area (Å²) in [5, 5.41) is 0. The molecule has 1 saturated heterocycles. The minimum Gasteiger partial charge on any atom is -0.497 e. The van der Waals surface area contributed by atoms with E-state index in [-0.39, 0.29) is 11.0 Å². The Balaban J connectivity index is 1.39. The van der Waals surface area contributed by atoms with Crippen LogP contribution in [-0.4, -0.2) is 53.2 Å². The normalized spacial score (nSPS) is 18.1. The van der Waals surface area contributed by atoms with Crippen LogP contribution in [0.3, 0.4) is 0 Å². The highest BCUT2D eigenvalue weighted by Gasteiger charge is 2.21. The zero-order valence-corrected chi connectivity index (χ0v) is 17.0. The number of nitrogens with zero attached hydrogens (tertiary/aromatic N) is 1. The van der Waals surface area contributed by atoms with Crippen molar-refractivity contribution in [3.63, 3.8) is 0 Å². The third-order valence-corrected chi connectivity index (χ3v) is 6.36. The largest absolute Gasteiger partial charge is 0.497 e. The van der Waals surface area contributed by atoms with Crippen LogP contribution in [0.2, 0.25) is 0 Å². The van der Waals surface area contributed by atoms with Gasteiger partial charge in [0.1, 0.15) is 5.75 Å². The third-order valence-electron chi connectivity index (χ3n) is 4.88. The van der Waals surface area contributed by atoms with E-state index < -0.39 is 10.0 Å². The van der Waals surface area contributed by atoms with Crippen molar-refractivity contribution in [2.24, 2.45) is 0 Å². The number of methoxy groups -OCH3 is 1. The molecule has 0 radical (unpaired) electrons. The fraction of sp³-hybridized carbons (Fsp3) is 0.429. The first-order chi connectivity index (χ1) is 13.6. The zero-order valence-electron chi connectivity index (χ0n) is 16.2. The number of morpholine rings is 1. The van der Waals surface area contributed by atoms with E-state index in [0.717, 1.165) is 39.1 Å². The van der Waals surface area contributed by atoms with E-state index in [1.54, 1.807) is 31.4 Å². The van der Waals surface area contributed by atoms with Gasteiger partial charge >= 0.3 is 0 Å². The second-order valence-electron chi connectivity index (χ2n) is 6.85. The van der Waals surface area contributed by atoms with E-state index in [1.807, 2.05) is 18.2 Å². The van der Waals surface area contributed by atoms with Gasteiger partial charge in [-0.05, 0) is 49.2 Å². The van der Waals surface area contributed by atoms with Gasteiger partial charge in [-0.2, -0.15) is 0 Å². The van der Waals surface area contributed by atoms with Crippen molar-refractivity contribution in [2.75, 3.05) is 39.9 Å². The Morgan fingerprint density at radius 1 is 1.11 bits per heavy atom. The Morgan fingerprint density at radius 3 is 2.57 bits per heavy atom.